The zero-order valence-electron chi connectivity index (χ0n) is 15.9. The van der Waals surface area contributed by atoms with Gasteiger partial charge in [-0.25, -0.2) is 4.79 Å². The Labute approximate surface area is 150 Å². The Hall–Kier alpha value is -1.99. The number of carbonyl (C=O) groups excluding carboxylic acids is 2. The molecule has 3 N–H and O–H groups in total. The van der Waals surface area contributed by atoms with E-state index in [2.05, 4.69) is 20.9 Å². The van der Waals surface area contributed by atoms with Crippen molar-refractivity contribution in [3.8, 4) is 0 Å². The van der Waals surface area contributed by atoms with Crippen LogP contribution in [0.1, 0.15) is 46.5 Å². The Morgan fingerprint density at radius 3 is 2.52 bits per heavy atom. The molecule has 8 heteroatoms. The topological polar surface area (TPSA) is 95.1 Å². The molecule has 1 aliphatic heterocycles. The van der Waals surface area contributed by atoms with Crippen molar-refractivity contribution in [2.75, 3.05) is 33.3 Å². The third-order valence-electron chi connectivity index (χ3n) is 4.25. The highest BCUT2D eigenvalue weighted by Gasteiger charge is 2.24. The second-order valence-electron chi connectivity index (χ2n) is 6.23. The number of guanidine groups is 1. The minimum Gasteiger partial charge on any atom is -0.450 e. The number of nitrogens with one attached hydrogen (secondary N) is 3. The standard InChI is InChI=1S/C17H33N5O3/c1-5-13(3)20-15(23)7-10-19-16(18-4)21-14-8-11-22(12-9-14)17(24)25-6-2/h13-14H,5-12H2,1-4H3,(H,20,23)(H2,18,19,21). The average molecular weight is 355 g/mol. The Morgan fingerprint density at radius 1 is 1.28 bits per heavy atom. The van der Waals surface area contributed by atoms with Gasteiger partial charge >= 0.3 is 6.09 Å². The molecule has 1 rings (SSSR count). The first-order valence-corrected chi connectivity index (χ1v) is 9.18. The van der Waals surface area contributed by atoms with E-state index in [9.17, 15) is 9.59 Å². The lowest BCUT2D eigenvalue weighted by molar-refractivity contribution is -0.121. The summed E-state index contributed by atoms with van der Waals surface area (Å²) in [5.41, 5.74) is 0. The fraction of sp³-hybridized carbons (Fsp3) is 0.824. The number of nitrogens with zero attached hydrogens (tertiary/aromatic N) is 2. The summed E-state index contributed by atoms with van der Waals surface area (Å²) in [5.74, 6) is 0.728. The molecule has 1 heterocycles. The highest BCUT2D eigenvalue weighted by molar-refractivity contribution is 5.81. The van der Waals surface area contributed by atoms with Crippen molar-refractivity contribution in [2.45, 2.75) is 58.5 Å². The maximum Gasteiger partial charge on any atom is 0.409 e. The molecule has 0 aliphatic carbocycles. The number of piperidine rings is 1. The minimum atomic E-state index is -0.240. The first-order valence-electron chi connectivity index (χ1n) is 9.18. The predicted molar refractivity (Wildman–Crippen MR) is 98.6 cm³/mol. The molecule has 0 aromatic carbocycles. The molecule has 2 amide bonds. The number of carbonyl (C=O) groups is 2. The van der Waals surface area contributed by atoms with Gasteiger partial charge in [-0.15, -0.1) is 0 Å². The molecule has 0 bridgehead atoms. The maximum atomic E-state index is 11.8. The van der Waals surface area contributed by atoms with E-state index >= 15 is 0 Å². The summed E-state index contributed by atoms with van der Waals surface area (Å²) in [7, 11) is 1.71. The van der Waals surface area contributed by atoms with Crippen LogP contribution in [0.2, 0.25) is 0 Å². The van der Waals surface area contributed by atoms with Crippen LogP contribution < -0.4 is 16.0 Å². The van der Waals surface area contributed by atoms with E-state index in [4.69, 9.17) is 4.74 Å². The van der Waals surface area contributed by atoms with Crippen LogP contribution in [0.5, 0.6) is 0 Å². The molecule has 1 saturated heterocycles. The number of rotatable bonds is 7. The molecule has 0 aromatic rings. The number of hydrogen-bond acceptors (Lipinski definition) is 4. The summed E-state index contributed by atoms with van der Waals surface area (Å²) in [6.45, 7) is 8.12. The predicted octanol–water partition coefficient (Wildman–Crippen LogP) is 1.08. The van der Waals surface area contributed by atoms with E-state index in [1.54, 1.807) is 11.9 Å². The largest absolute Gasteiger partial charge is 0.450 e. The number of aliphatic imine (C=N–C) groups is 1. The molecule has 1 atom stereocenters. The second kappa shape index (κ2) is 11.5. The van der Waals surface area contributed by atoms with Crippen molar-refractivity contribution in [1.82, 2.24) is 20.9 Å². The van der Waals surface area contributed by atoms with Gasteiger partial charge in [-0.1, -0.05) is 6.92 Å². The van der Waals surface area contributed by atoms with Crippen LogP contribution in [0.15, 0.2) is 4.99 Å². The lowest BCUT2D eigenvalue weighted by Crippen LogP contribution is -2.50. The summed E-state index contributed by atoms with van der Waals surface area (Å²) in [6.07, 6.45) is 2.78. The molecule has 0 saturated carbocycles. The molecular formula is C17H33N5O3. The Kier molecular flexibility index (Phi) is 9.72. The van der Waals surface area contributed by atoms with Gasteiger partial charge in [0, 0.05) is 45.2 Å². The van der Waals surface area contributed by atoms with Crippen molar-refractivity contribution in [2.24, 2.45) is 4.99 Å². The van der Waals surface area contributed by atoms with Crippen LogP contribution in [-0.4, -0.2) is 68.2 Å². The fourth-order valence-corrected chi connectivity index (χ4v) is 2.55. The first kappa shape index (κ1) is 21.1. The van der Waals surface area contributed by atoms with Gasteiger partial charge in [-0.05, 0) is 33.1 Å². The maximum absolute atomic E-state index is 11.8. The molecule has 25 heavy (non-hydrogen) atoms. The second-order valence-corrected chi connectivity index (χ2v) is 6.23. The van der Waals surface area contributed by atoms with Gasteiger partial charge in [-0.3, -0.25) is 9.79 Å². The Morgan fingerprint density at radius 2 is 1.96 bits per heavy atom. The number of likely N-dealkylation sites (tertiary alicyclic amines) is 1. The molecule has 0 aromatic heterocycles. The van der Waals surface area contributed by atoms with E-state index in [1.165, 1.54) is 0 Å². The number of ether oxygens (including phenoxy) is 1. The summed E-state index contributed by atoms with van der Waals surface area (Å²) < 4.78 is 5.02. The highest BCUT2D eigenvalue weighted by Crippen LogP contribution is 2.11. The quantitative estimate of drug-likeness (QED) is 0.469. The Balaban J connectivity index is 2.26. The van der Waals surface area contributed by atoms with Gasteiger partial charge in [0.25, 0.3) is 0 Å². The average Bonchev–Trinajstić information content (AvgIpc) is 2.61. The summed E-state index contributed by atoms with van der Waals surface area (Å²) in [4.78, 5) is 29.4. The fourth-order valence-electron chi connectivity index (χ4n) is 2.55. The van der Waals surface area contributed by atoms with E-state index in [0.717, 1.165) is 19.3 Å². The third kappa shape index (κ3) is 8.09. The lowest BCUT2D eigenvalue weighted by atomic mass is 10.1. The van der Waals surface area contributed by atoms with Crippen molar-refractivity contribution in [1.29, 1.82) is 0 Å². The van der Waals surface area contributed by atoms with Crippen molar-refractivity contribution in [3.63, 3.8) is 0 Å². The monoisotopic (exact) mass is 355 g/mol. The van der Waals surface area contributed by atoms with Crippen molar-refractivity contribution >= 4 is 18.0 Å². The highest BCUT2D eigenvalue weighted by atomic mass is 16.6. The summed E-state index contributed by atoms with van der Waals surface area (Å²) in [6, 6.07) is 0.459. The zero-order chi connectivity index (χ0) is 18.7. The van der Waals surface area contributed by atoms with Gasteiger partial charge in [-0.2, -0.15) is 0 Å². The van der Waals surface area contributed by atoms with Crippen LogP contribution in [0.25, 0.3) is 0 Å². The van der Waals surface area contributed by atoms with Gasteiger partial charge in [0.1, 0.15) is 0 Å². The zero-order valence-corrected chi connectivity index (χ0v) is 15.9. The lowest BCUT2D eigenvalue weighted by Gasteiger charge is -2.32. The normalized spacial score (nSPS) is 17.0. The van der Waals surface area contributed by atoms with Crippen LogP contribution in [0, 0.1) is 0 Å². The van der Waals surface area contributed by atoms with E-state index in [0.29, 0.717) is 38.6 Å². The third-order valence-corrected chi connectivity index (χ3v) is 4.25. The molecule has 0 radical (unpaired) electrons. The number of amides is 2. The van der Waals surface area contributed by atoms with Crippen molar-refractivity contribution in [3.05, 3.63) is 0 Å². The molecule has 1 fully saturated rings. The van der Waals surface area contributed by atoms with E-state index < -0.39 is 0 Å². The van der Waals surface area contributed by atoms with Crippen molar-refractivity contribution < 1.29 is 14.3 Å². The van der Waals surface area contributed by atoms with Crippen LogP contribution in [0.3, 0.4) is 0 Å². The van der Waals surface area contributed by atoms with Crippen LogP contribution in [-0.2, 0) is 9.53 Å². The number of hydrogen-bond donors (Lipinski definition) is 3. The Bertz CT molecular complexity index is 448. The van der Waals surface area contributed by atoms with Crippen LogP contribution >= 0.6 is 0 Å². The van der Waals surface area contributed by atoms with Crippen LogP contribution in [0.4, 0.5) is 4.79 Å². The van der Waals surface area contributed by atoms with Gasteiger partial charge in [0.15, 0.2) is 5.96 Å². The van der Waals surface area contributed by atoms with E-state index in [-0.39, 0.29) is 24.1 Å². The van der Waals surface area contributed by atoms with E-state index in [1.807, 2.05) is 20.8 Å². The van der Waals surface area contributed by atoms with Gasteiger partial charge < -0.3 is 25.6 Å². The SMILES string of the molecule is CCOC(=O)N1CCC(NC(=NC)NCCC(=O)NC(C)CC)CC1. The smallest absolute Gasteiger partial charge is 0.409 e. The minimum absolute atomic E-state index is 0.0417. The molecule has 0 spiro atoms. The molecule has 1 aliphatic rings. The van der Waals surface area contributed by atoms with Gasteiger partial charge in [0.05, 0.1) is 6.61 Å². The molecule has 8 nitrogen and oxygen atoms in total. The first-order chi connectivity index (χ1) is 12.0. The summed E-state index contributed by atoms with van der Waals surface area (Å²) >= 11 is 0. The molecular weight excluding hydrogens is 322 g/mol. The molecule has 144 valence electrons. The summed E-state index contributed by atoms with van der Waals surface area (Å²) in [5, 5.41) is 9.46. The van der Waals surface area contributed by atoms with Gasteiger partial charge in [0.2, 0.25) is 5.91 Å². The molecule has 1 unspecified atom stereocenters.